The van der Waals surface area contributed by atoms with Gasteiger partial charge in [-0.1, -0.05) is 49.4 Å². The predicted molar refractivity (Wildman–Crippen MR) is 86.2 cm³/mol. The van der Waals surface area contributed by atoms with E-state index in [0.717, 1.165) is 18.0 Å². The van der Waals surface area contributed by atoms with Gasteiger partial charge in [0.25, 0.3) is 0 Å². The van der Waals surface area contributed by atoms with Crippen LogP contribution in [0.4, 0.5) is 0 Å². The molecule has 0 radical (unpaired) electrons. The fourth-order valence-corrected chi connectivity index (χ4v) is 3.23. The van der Waals surface area contributed by atoms with E-state index in [2.05, 4.69) is 59.7 Å². The maximum atomic E-state index is 4.51. The first-order chi connectivity index (χ1) is 9.90. The van der Waals surface area contributed by atoms with Crippen LogP contribution < -0.4 is 5.32 Å². The number of fused-ring (bicyclic) bond motifs is 1. The molecule has 0 spiro atoms. The molecule has 0 bridgehead atoms. The normalized spacial score (nSPS) is 12.7. The summed E-state index contributed by atoms with van der Waals surface area (Å²) in [5.74, 6) is 0. The predicted octanol–water partition coefficient (Wildman–Crippen LogP) is 4.39. The molecule has 1 unspecified atom stereocenters. The summed E-state index contributed by atoms with van der Waals surface area (Å²) < 4.78 is 0. The molecule has 0 aliphatic carbocycles. The highest BCUT2D eigenvalue weighted by Gasteiger charge is 2.17. The molecule has 3 heteroatoms. The van der Waals surface area contributed by atoms with E-state index in [1.807, 2.05) is 11.6 Å². The summed E-state index contributed by atoms with van der Waals surface area (Å²) in [6, 6.07) is 15.2. The fourth-order valence-electron chi connectivity index (χ4n) is 2.50. The van der Waals surface area contributed by atoms with Gasteiger partial charge in [0.2, 0.25) is 0 Å². The lowest BCUT2D eigenvalue weighted by Crippen LogP contribution is -2.23. The van der Waals surface area contributed by atoms with Crippen molar-refractivity contribution in [2.75, 3.05) is 6.54 Å². The van der Waals surface area contributed by atoms with Gasteiger partial charge < -0.3 is 5.32 Å². The van der Waals surface area contributed by atoms with Crippen molar-refractivity contribution in [2.24, 2.45) is 0 Å². The van der Waals surface area contributed by atoms with Crippen LogP contribution in [0.1, 0.15) is 30.0 Å². The second kappa shape index (κ2) is 6.16. The molecule has 102 valence electrons. The topological polar surface area (TPSA) is 24.9 Å². The summed E-state index contributed by atoms with van der Waals surface area (Å²) in [6.07, 6.45) is 3.00. The Balaban J connectivity index is 2.09. The Hall–Kier alpha value is -1.71. The van der Waals surface area contributed by atoms with Crippen LogP contribution in [-0.4, -0.2) is 11.5 Å². The minimum absolute atomic E-state index is 0.182. The van der Waals surface area contributed by atoms with Crippen molar-refractivity contribution in [3.8, 4) is 0 Å². The van der Waals surface area contributed by atoms with Crippen molar-refractivity contribution in [3.63, 3.8) is 0 Å². The largest absolute Gasteiger partial charge is 0.304 e. The number of benzene rings is 2. The lowest BCUT2D eigenvalue weighted by atomic mass is 9.99. The van der Waals surface area contributed by atoms with E-state index in [1.165, 1.54) is 16.3 Å². The van der Waals surface area contributed by atoms with E-state index in [-0.39, 0.29) is 6.04 Å². The van der Waals surface area contributed by atoms with Crippen molar-refractivity contribution in [3.05, 3.63) is 64.6 Å². The number of rotatable bonds is 5. The second-order valence-electron chi connectivity index (χ2n) is 4.83. The summed E-state index contributed by atoms with van der Waals surface area (Å²) in [5, 5.41) is 9.39. The van der Waals surface area contributed by atoms with Crippen molar-refractivity contribution in [2.45, 2.75) is 19.4 Å². The smallest absolute Gasteiger partial charge is 0.114 e. The number of nitrogens with zero attached hydrogens (tertiary/aromatic N) is 1. The van der Waals surface area contributed by atoms with E-state index in [1.54, 1.807) is 11.3 Å². The number of aromatic nitrogens is 1. The third kappa shape index (κ3) is 2.60. The van der Waals surface area contributed by atoms with Crippen LogP contribution >= 0.6 is 11.3 Å². The zero-order valence-electron chi connectivity index (χ0n) is 11.5. The van der Waals surface area contributed by atoms with Crippen LogP contribution in [0, 0.1) is 0 Å². The van der Waals surface area contributed by atoms with Gasteiger partial charge in [-0.15, -0.1) is 11.3 Å². The Morgan fingerprint density at radius 1 is 1.15 bits per heavy atom. The molecule has 1 N–H and O–H groups in total. The first-order valence-electron chi connectivity index (χ1n) is 7.00. The van der Waals surface area contributed by atoms with Crippen LogP contribution in [0.2, 0.25) is 0 Å². The lowest BCUT2D eigenvalue weighted by molar-refractivity contribution is 0.599. The lowest BCUT2D eigenvalue weighted by Gasteiger charge is -2.18. The Kier molecular flexibility index (Phi) is 4.09. The van der Waals surface area contributed by atoms with Gasteiger partial charge in [0.1, 0.15) is 5.01 Å². The quantitative estimate of drug-likeness (QED) is 0.751. The minimum Gasteiger partial charge on any atom is -0.304 e. The average molecular weight is 282 g/mol. The molecular formula is C17H18N2S. The third-order valence-electron chi connectivity index (χ3n) is 3.43. The monoisotopic (exact) mass is 282 g/mol. The molecule has 0 amide bonds. The van der Waals surface area contributed by atoms with Crippen molar-refractivity contribution in [1.82, 2.24) is 10.3 Å². The van der Waals surface area contributed by atoms with Crippen LogP contribution in [0.3, 0.4) is 0 Å². The van der Waals surface area contributed by atoms with E-state index in [0.29, 0.717) is 0 Å². The summed E-state index contributed by atoms with van der Waals surface area (Å²) >= 11 is 1.71. The summed E-state index contributed by atoms with van der Waals surface area (Å²) in [6.45, 7) is 3.18. The summed E-state index contributed by atoms with van der Waals surface area (Å²) in [5.41, 5.74) is 1.31. The van der Waals surface area contributed by atoms with Crippen molar-refractivity contribution in [1.29, 1.82) is 0 Å². The number of thiazole rings is 1. The molecule has 2 nitrogen and oxygen atoms in total. The molecule has 1 heterocycles. The second-order valence-corrected chi connectivity index (χ2v) is 5.75. The van der Waals surface area contributed by atoms with E-state index >= 15 is 0 Å². The summed E-state index contributed by atoms with van der Waals surface area (Å²) in [4.78, 5) is 4.51. The molecule has 2 aromatic carbocycles. The third-order valence-corrected chi connectivity index (χ3v) is 4.27. The Morgan fingerprint density at radius 3 is 2.80 bits per heavy atom. The van der Waals surface area contributed by atoms with E-state index in [4.69, 9.17) is 0 Å². The first-order valence-corrected chi connectivity index (χ1v) is 7.88. The van der Waals surface area contributed by atoms with Crippen molar-refractivity contribution < 1.29 is 0 Å². The highest BCUT2D eigenvalue weighted by atomic mass is 32.1. The van der Waals surface area contributed by atoms with Gasteiger partial charge in [-0.2, -0.15) is 0 Å². The Labute approximate surface area is 123 Å². The molecule has 3 aromatic rings. The molecule has 1 atom stereocenters. The van der Waals surface area contributed by atoms with Crippen LogP contribution in [0.25, 0.3) is 10.8 Å². The highest BCUT2D eigenvalue weighted by molar-refractivity contribution is 7.09. The van der Waals surface area contributed by atoms with Gasteiger partial charge in [-0.3, -0.25) is 0 Å². The average Bonchev–Trinajstić information content (AvgIpc) is 3.02. The molecule has 0 saturated heterocycles. The number of nitrogens with one attached hydrogen (secondary N) is 1. The maximum absolute atomic E-state index is 4.51. The van der Waals surface area contributed by atoms with Gasteiger partial charge in [-0.05, 0) is 29.3 Å². The number of hydrogen-bond acceptors (Lipinski definition) is 3. The molecule has 0 aliphatic heterocycles. The van der Waals surface area contributed by atoms with Crippen LogP contribution in [0.5, 0.6) is 0 Å². The standard InChI is InChI=1S/C17H18N2S/c1-2-10-18-16(17-19-11-12-20-17)15-9-5-7-13-6-3-4-8-14(13)15/h3-9,11-12,16,18H,2,10H2,1H3. The molecule has 0 saturated carbocycles. The zero-order chi connectivity index (χ0) is 13.8. The molecule has 0 fully saturated rings. The van der Waals surface area contributed by atoms with Gasteiger partial charge >= 0.3 is 0 Å². The molecule has 20 heavy (non-hydrogen) atoms. The zero-order valence-corrected chi connectivity index (χ0v) is 12.4. The Morgan fingerprint density at radius 2 is 2.00 bits per heavy atom. The van der Waals surface area contributed by atoms with E-state index in [9.17, 15) is 0 Å². The minimum atomic E-state index is 0.182. The summed E-state index contributed by atoms with van der Waals surface area (Å²) in [7, 11) is 0. The van der Waals surface area contributed by atoms with Crippen molar-refractivity contribution >= 4 is 22.1 Å². The molecule has 3 rings (SSSR count). The van der Waals surface area contributed by atoms with Gasteiger partial charge in [0.05, 0.1) is 6.04 Å². The SMILES string of the molecule is CCCNC(c1nccs1)c1cccc2ccccc12. The first kappa shape index (κ1) is 13.3. The van der Waals surface area contributed by atoms with Crippen LogP contribution in [0.15, 0.2) is 54.0 Å². The van der Waals surface area contributed by atoms with Gasteiger partial charge in [0, 0.05) is 11.6 Å². The molecule has 1 aromatic heterocycles. The fraction of sp³-hybridized carbons (Fsp3) is 0.235. The highest BCUT2D eigenvalue weighted by Crippen LogP contribution is 2.29. The van der Waals surface area contributed by atoms with Gasteiger partial charge in [-0.25, -0.2) is 4.98 Å². The maximum Gasteiger partial charge on any atom is 0.114 e. The van der Waals surface area contributed by atoms with Crippen LogP contribution in [-0.2, 0) is 0 Å². The van der Waals surface area contributed by atoms with E-state index < -0.39 is 0 Å². The molecule has 0 aliphatic rings. The number of hydrogen-bond donors (Lipinski definition) is 1. The van der Waals surface area contributed by atoms with Gasteiger partial charge in [0.15, 0.2) is 0 Å². The Bertz CT molecular complexity index is 671. The molecular weight excluding hydrogens is 264 g/mol.